The summed E-state index contributed by atoms with van der Waals surface area (Å²) < 4.78 is 5.25. The third-order valence-electron chi connectivity index (χ3n) is 4.00. The molecular formula is C20H14ClN3O2S. The van der Waals surface area contributed by atoms with Crippen LogP contribution in [0.25, 0.3) is 21.7 Å². The Hall–Kier alpha value is -2.96. The van der Waals surface area contributed by atoms with Crippen molar-refractivity contribution < 1.29 is 9.32 Å². The molecule has 0 atom stereocenters. The molecule has 0 aliphatic carbocycles. The second kappa shape index (κ2) is 7.34. The van der Waals surface area contributed by atoms with Gasteiger partial charge < -0.3 is 4.52 Å². The number of nitrogens with zero attached hydrogens (tertiary/aromatic N) is 2. The van der Waals surface area contributed by atoms with Gasteiger partial charge in [-0.3, -0.25) is 10.1 Å². The van der Waals surface area contributed by atoms with Crippen LogP contribution in [0, 0.1) is 6.92 Å². The minimum Gasteiger partial charge on any atom is -0.360 e. The number of amides is 1. The maximum absolute atomic E-state index is 12.9. The van der Waals surface area contributed by atoms with Gasteiger partial charge in [0.15, 0.2) is 5.13 Å². The Morgan fingerprint density at radius 1 is 1.11 bits per heavy atom. The number of halogens is 1. The van der Waals surface area contributed by atoms with Gasteiger partial charge in [0.1, 0.15) is 17.0 Å². The number of carbonyl (C=O) groups is 1. The highest BCUT2D eigenvalue weighted by atomic mass is 35.5. The third-order valence-corrected chi connectivity index (χ3v) is 5.29. The molecule has 0 aliphatic heterocycles. The summed E-state index contributed by atoms with van der Waals surface area (Å²) in [5.41, 5.74) is 2.45. The lowest BCUT2D eigenvalue weighted by molar-refractivity contribution is 0.102. The SMILES string of the molecule is Cc1onc(-c2ccccc2Cl)c1C(=O)Nc1ncc(-c2ccccc2)s1. The Morgan fingerprint density at radius 2 is 1.85 bits per heavy atom. The summed E-state index contributed by atoms with van der Waals surface area (Å²) in [6, 6.07) is 17.1. The zero-order valence-electron chi connectivity index (χ0n) is 14.3. The molecule has 2 heterocycles. The second-order valence-electron chi connectivity index (χ2n) is 5.79. The van der Waals surface area contributed by atoms with Gasteiger partial charge in [-0.25, -0.2) is 4.98 Å². The molecule has 1 N–H and O–H groups in total. The molecule has 5 nitrogen and oxygen atoms in total. The lowest BCUT2D eigenvalue weighted by Crippen LogP contribution is -2.13. The van der Waals surface area contributed by atoms with Gasteiger partial charge in [0, 0.05) is 11.8 Å². The van der Waals surface area contributed by atoms with E-state index >= 15 is 0 Å². The molecule has 0 aliphatic rings. The van der Waals surface area contributed by atoms with E-state index in [9.17, 15) is 4.79 Å². The van der Waals surface area contributed by atoms with Gasteiger partial charge in [-0.15, -0.1) is 0 Å². The van der Waals surface area contributed by atoms with E-state index in [4.69, 9.17) is 16.1 Å². The van der Waals surface area contributed by atoms with E-state index < -0.39 is 0 Å². The zero-order chi connectivity index (χ0) is 18.8. The molecule has 0 radical (unpaired) electrons. The van der Waals surface area contributed by atoms with Gasteiger partial charge in [0.2, 0.25) is 0 Å². The number of thiazole rings is 1. The first kappa shape index (κ1) is 17.5. The fourth-order valence-electron chi connectivity index (χ4n) is 2.70. The predicted octanol–water partition coefficient (Wildman–Crippen LogP) is 5.68. The lowest BCUT2D eigenvalue weighted by Gasteiger charge is -2.04. The molecule has 7 heteroatoms. The molecule has 134 valence electrons. The van der Waals surface area contributed by atoms with Crippen molar-refractivity contribution in [2.75, 3.05) is 5.32 Å². The van der Waals surface area contributed by atoms with E-state index in [1.807, 2.05) is 42.5 Å². The molecule has 2 aromatic carbocycles. The molecule has 4 aromatic rings. The Labute approximate surface area is 164 Å². The maximum atomic E-state index is 12.9. The van der Waals surface area contributed by atoms with Crippen LogP contribution in [0.15, 0.2) is 65.3 Å². The van der Waals surface area contributed by atoms with Crippen LogP contribution in [-0.4, -0.2) is 16.0 Å². The maximum Gasteiger partial charge on any atom is 0.263 e. The van der Waals surface area contributed by atoms with Crippen molar-refractivity contribution in [3.8, 4) is 21.7 Å². The molecule has 0 fully saturated rings. The highest BCUT2D eigenvalue weighted by Crippen LogP contribution is 2.33. The minimum atomic E-state index is -0.336. The summed E-state index contributed by atoms with van der Waals surface area (Å²) in [4.78, 5) is 18.1. The van der Waals surface area contributed by atoms with Gasteiger partial charge in [0.25, 0.3) is 5.91 Å². The molecule has 27 heavy (non-hydrogen) atoms. The number of aryl methyl sites for hydroxylation is 1. The molecule has 1 amide bonds. The highest BCUT2D eigenvalue weighted by molar-refractivity contribution is 7.19. The van der Waals surface area contributed by atoms with Crippen LogP contribution in [0.2, 0.25) is 5.02 Å². The van der Waals surface area contributed by atoms with E-state index in [1.165, 1.54) is 11.3 Å². The number of hydrogen-bond acceptors (Lipinski definition) is 5. The van der Waals surface area contributed by atoms with Crippen molar-refractivity contribution in [2.45, 2.75) is 6.92 Å². The first-order valence-corrected chi connectivity index (χ1v) is 9.36. The highest BCUT2D eigenvalue weighted by Gasteiger charge is 2.23. The van der Waals surface area contributed by atoms with Crippen LogP contribution in [0.4, 0.5) is 5.13 Å². The summed E-state index contributed by atoms with van der Waals surface area (Å²) in [5.74, 6) is 0.0832. The van der Waals surface area contributed by atoms with Crippen molar-refractivity contribution >= 4 is 34.0 Å². The number of benzene rings is 2. The van der Waals surface area contributed by atoms with Crippen LogP contribution in [-0.2, 0) is 0 Å². The Morgan fingerprint density at radius 3 is 2.63 bits per heavy atom. The molecular weight excluding hydrogens is 382 g/mol. The van der Waals surface area contributed by atoms with Gasteiger partial charge in [-0.1, -0.05) is 76.6 Å². The lowest BCUT2D eigenvalue weighted by atomic mass is 10.1. The van der Waals surface area contributed by atoms with Crippen LogP contribution >= 0.6 is 22.9 Å². The largest absolute Gasteiger partial charge is 0.360 e. The van der Waals surface area contributed by atoms with E-state index in [-0.39, 0.29) is 5.91 Å². The number of carbonyl (C=O) groups excluding carboxylic acids is 1. The van der Waals surface area contributed by atoms with Crippen LogP contribution in [0.1, 0.15) is 16.1 Å². The predicted molar refractivity (Wildman–Crippen MR) is 107 cm³/mol. The van der Waals surface area contributed by atoms with Crippen LogP contribution < -0.4 is 5.32 Å². The fourth-order valence-corrected chi connectivity index (χ4v) is 3.75. The Kier molecular flexibility index (Phi) is 4.75. The van der Waals surface area contributed by atoms with Crippen molar-refractivity contribution in [1.82, 2.24) is 10.1 Å². The summed E-state index contributed by atoms with van der Waals surface area (Å²) in [6.45, 7) is 1.69. The molecule has 0 saturated heterocycles. The first-order valence-electron chi connectivity index (χ1n) is 8.17. The first-order chi connectivity index (χ1) is 13.1. The topological polar surface area (TPSA) is 68.0 Å². The number of hydrogen-bond donors (Lipinski definition) is 1. The van der Waals surface area contributed by atoms with Crippen LogP contribution in [0.3, 0.4) is 0 Å². The average Bonchev–Trinajstić information content (AvgIpc) is 3.29. The van der Waals surface area contributed by atoms with Gasteiger partial charge >= 0.3 is 0 Å². The van der Waals surface area contributed by atoms with Crippen molar-refractivity contribution in [3.05, 3.63) is 77.1 Å². The van der Waals surface area contributed by atoms with E-state index in [2.05, 4.69) is 15.5 Å². The number of aromatic nitrogens is 2. The van der Waals surface area contributed by atoms with E-state index in [0.29, 0.717) is 32.7 Å². The standard InChI is InChI=1S/C20H14ClN3O2S/c1-12-17(18(24-26-12)14-9-5-6-10-15(14)21)19(25)23-20-22-11-16(27-20)13-7-3-2-4-8-13/h2-11H,1H3,(H,22,23,25). The van der Waals surface area contributed by atoms with Crippen molar-refractivity contribution in [1.29, 1.82) is 0 Å². The molecule has 0 saturated carbocycles. The Balaban J connectivity index is 1.63. The monoisotopic (exact) mass is 395 g/mol. The smallest absolute Gasteiger partial charge is 0.263 e. The number of nitrogens with one attached hydrogen (secondary N) is 1. The molecule has 0 spiro atoms. The quantitative estimate of drug-likeness (QED) is 0.482. The van der Waals surface area contributed by atoms with Crippen molar-refractivity contribution in [3.63, 3.8) is 0 Å². The summed E-state index contributed by atoms with van der Waals surface area (Å²) in [6.07, 6.45) is 1.74. The Bertz CT molecular complexity index is 1110. The second-order valence-corrected chi connectivity index (χ2v) is 7.23. The number of anilines is 1. The van der Waals surface area contributed by atoms with Gasteiger partial charge in [-0.05, 0) is 18.6 Å². The molecule has 0 unspecified atom stereocenters. The summed E-state index contributed by atoms with van der Waals surface area (Å²) in [7, 11) is 0. The minimum absolute atomic E-state index is 0.336. The van der Waals surface area contributed by atoms with Gasteiger partial charge in [-0.2, -0.15) is 0 Å². The van der Waals surface area contributed by atoms with Gasteiger partial charge in [0.05, 0.1) is 9.90 Å². The summed E-state index contributed by atoms with van der Waals surface area (Å²) >= 11 is 7.65. The fraction of sp³-hybridized carbons (Fsp3) is 0.0500. The summed E-state index contributed by atoms with van der Waals surface area (Å²) in [5, 5.41) is 7.86. The van der Waals surface area contributed by atoms with E-state index in [1.54, 1.807) is 25.3 Å². The zero-order valence-corrected chi connectivity index (χ0v) is 15.8. The average molecular weight is 396 g/mol. The number of rotatable bonds is 4. The normalized spacial score (nSPS) is 10.7. The van der Waals surface area contributed by atoms with Crippen molar-refractivity contribution in [2.24, 2.45) is 0 Å². The molecule has 4 rings (SSSR count). The molecule has 2 aromatic heterocycles. The molecule has 0 bridgehead atoms. The van der Waals surface area contributed by atoms with E-state index in [0.717, 1.165) is 10.4 Å². The van der Waals surface area contributed by atoms with Crippen LogP contribution in [0.5, 0.6) is 0 Å². The third kappa shape index (κ3) is 3.49.